The Kier molecular flexibility index (Phi) is 5.07. The third-order valence-corrected chi connectivity index (χ3v) is 6.86. The second-order valence-corrected chi connectivity index (χ2v) is 8.44. The molecule has 0 spiro atoms. The molecule has 4 rings (SSSR count). The molecule has 5 N–H and O–H groups in total. The molecular weight excluding hydrogens is 334 g/mol. The first-order valence-electron chi connectivity index (χ1n) is 10.6. The molecule has 27 heavy (non-hydrogen) atoms. The van der Waals surface area contributed by atoms with E-state index in [0.717, 1.165) is 61.2 Å². The monoisotopic (exact) mass is 367 g/mol. The van der Waals surface area contributed by atoms with Gasteiger partial charge in [-0.1, -0.05) is 25.3 Å². The average Bonchev–Trinajstić information content (AvgIpc) is 3.18. The fraction of sp³-hybridized carbons (Fsp3) is 0.565. The molecule has 0 bridgehead atoms. The van der Waals surface area contributed by atoms with Gasteiger partial charge in [-0.3, -0.25) is 0 Å². The van der Waals surface area contributed by atoms with Gasteiger partial charge in [-0.25, -0.2) is 0 Å². The van der Waals surface area contributed by atoms with Crippen molar-refractivity contribution in [3.05, 3.63) is 45.8 Å². The molecule has 1 fully saturated rings. The predicted molar refractivity (Wildman–Crippen MR) is 111 cm³/mol. The number of benzene rings is 1. The number of phenolic OH excluding ortho intramolecular Hbond substituents is 1. The summed E-state index contributed by atoms with van der Waals surface area (Å²) in [6, 6.07) is 4.69. The average molecular weight is 368 g/mol. The van der Waals surface area contributed by atoms with Gasteiger partial charge in [-0.15, -0.1) is 0 Å². The molecule has 1 heterocycles. The highest BCUT2D eigenvalue weighted by Gasteiger charge is 2.28. The number of nitrogens with zero attached hydrogens (tertiary/aromatic N) is 1. The summed E-state index contributed by atoms with van der Waals surface area (Å²) in [6.45, 7) is 3.12. The summed E-state index contributed by atoms with van der Waals surface area (Å²) in [4.78, 5) is 2.43. The van der Waals surface area contributed by atoms with Crippen LogP contribution < -0.4 is 11.5 Å². The van der Waals surface area contributed by atoms with Crippen molar-refractivity contribution < 1.29 is 5.11 Å². The van der Waals surface area contributed by atoms with Crippen LogP contribution >= 0.6 is 0 Å². The van der Waals surface area contributed by atoms with Crippen LogP contribution in [0.25, 0.3) is 5.70 Å². The second-order valence-electron chi connectivity index (χ2n) is 8.44. The van der Waals surface area contributed by atoms with E-state index in [9.17, 15) is 5.11 Å². The van der Waals surface area contributed by atoms with E-state index in [1.807, 2.05) is 6.07 Å². The van der Waals surface area contributed by atoms with Crippen LogP contribution in [0.4, 0.5) is 0 Å². The van der Waals surface area contributed by atoms with Gasteiger partial charge in [0.2, 0.25) is 0 Å². The van der Waals surface area contributed by atoms with Gasteiger partial charge in [-0.05, 0) is 80.2 Å². The smallest absolute Gasteiger partial charge is 0.128 e. The molecule has 1 aromatic carbocycles. The highest BCUT2D eigenvalue weighted by molar-refractivity contribution is 5.75. The summed E-state index contributed by atoms with van der Waals surface area (Å²) in [6.07, 6.45) is 11.7. The lowest BCUT2D eigenvalue weighted by Gasteiger charge is -2.40. The Morgan fingerprint density at radius 3 is 2.59 bits per heavy atom. The maximum absolute atomic E-state index is 10.8. The summed E-state index contributed by atoms with van der Waals surface area (Å²) in [5, 5.41) is 10.8. The van der Waals surface area contributed by atoms with E-state index in [1.165, 1.54) is 43.2 Å². The van der Waals surface area contributed by atoms with E-state index in [2.05, 4.69) is 17.9 Å². The van der Waals surface area contributed by atoms with Crippen LogP contribution in [-0.4, -0.2) is 22.6 Å². The van der Waals surface area contributed by atoms with Gasteiger partial charge in [0, 0.05) is 23.8 Å². The zero-order chi connectivity index (χ0) is 19.0. The molecule has 3 aliphatic rings. The first-order chi connectivity index (χ1) is 13.1. The molecule has 1 aliphatic heterocycles. The molecule has 0 radical (unpaired) electrons. The molecule has 1 saturated carbocycles. The van der Waals surface area contributed by atoms with E-state index in [4.69, 9.17) is 11.5 Å². The van der Waals surface area contributed by atoms with Gasteiger partial charge in [0.15, 0.2) is 0 Å². The molecule has 0 unspecified atom stereocenters. The van der Waals surface area contributed by atoms with E-state index in [1.54, 1.807) is 0 Å². The summed E-state index contributed by atoms with van der Waals surface area (Å²) in [7, 11) is 0. The molecule has 0 amide bonds. The van der Waals surface area contributed by atoms with Crippen LogP contribution in [0.15, 0.2) is 29.1 Å². The Bertz CT molecular complexity index is 787. The van der Waals surface area contributed by atoms with Gasteiger partial charge in [-0.2, -0.15) is 0 Å². The molecule has 0 saturated heterocycles. The number of hydrogen-bond donors (Lipinski definition) is 3. The standard InChI is InChI=1S/C23H33N3O/c1-15(21(24)20-13-12-16-7-5-10-19(16)22(20)27)18-11-6-14-26(23(18)25)17-8-3-2-4-9-17/h12-13,17,27H,2-11,14,24-25H2,1H3/b21-15-. The third-order valence-electron chi connectivity index (χ3n) is 6.86. The third kappa shape index (κ3) is 3.30. The highest BCUT2D eigenvalue weighted by atomic mass is 16.3. The van der Waals surface area contributed by atoms with Crippen LogP contribution in [0.5, 0.6) is 5.75 Å². The number of fused-ring (bicyclic) bond motifs is 1. The van der Waals surface area contributed by atoms with Crippen LogP contribution in [-0.2, 0) is 12.8 Å². The van der Waals surface area contributed by atoms with E-state index in [0.29, 0.717) is 17.5 Å². The van der Waals surface area contributed by atoms with Crippen molar-refractivity contribution in [2.75, 3.05) is 6.54 Å². The van der Waals surface area contributed by atoms with Crippen LogP contribution in [0.1, 0.15) is 75.0 Å². The number of nitrogens with two attached hydrogens (primary N) is 2. The van der Waals surface area contributed by atoms with Gasteiger partial charge in [0.25, 0.3) is 0 Å². The van der Waals surface area contributed by atoms with Gasteiger partial charge < -0.3 is 21.5 Å². The van der Waals surface area contributed by atoms with Gasteiger partial charge in [0.1, 0.15) is 11.6 Å². The Morgan fingerprint density at radius 1 is 1.04 bits per heavy atom. The number of allylic oxidation sites excluding steroid dienone is 2. The molecule has 2 aliphatic carbocycles. The molecule has 146 valence electrons. The quantitative estimate of drug-likeness (QED) is 0.749. The minimum absolute atomic E-state index is 0.376. The molecule has 4 nitrogen and oxygen atoms in total. The lowest BCUT2D eigenvalue weighted by molar-refractivity contribution is 0.185. The first kappa shape index (κ1) is 18.3. The fourth-order valence-electron chi connectivity index (χ4n) is 5.23. The SMILES string of the molecule is C/C(C1=C(N)N(C2CCCCC2)CCC1)=C(/N)c1ccc2c(c1O)CCC2. The second kappa shape index (κ2) is 7.49. The number of hydrogen-bond acceptors (Lipinski definition) is 4. The highest BCUT2D eigenvalue weighted by Crippen LogP contribution is 2.38. The van der Waals surface area contributed by atoms with E-state index in [-0.39, 0.29) is 0 Å². The van der Waals surface area contributed by atoms with Crippen molar-refractivity contribution >= 4 is 5.70 Å². The van der Waals surface area contributed by atoms with Crippen LogP contribution in [0.3, 0.4) is 0 Å². The molecular formula is C23H33N3O. The van der Waals surface area contributed by atoms with Crippen molar-refractivity contribution in [3.8, 4) is 5.75 Å². The van der Waals surface area contributed by atoms with Crippen molar-refractivity contribution in [2.45, 2.75) is 77.2 Å². The first-order valence-corrected chi connectivity index (χ1v) is 10.6. The lowest BCUT2D eigenvalue weighted by Crippen LogP contribution is -2.42. The fourth-order valence-corrected chi connectivity index (χ4v) is 5.23. The minimum atomic E-state index is 0.376. The zero-order valence-corrected chi connectivity index (χ0v) is 16.6. The number of rotatable bonds is 3. The lowest BCUT2D eigenvalue weighted by atomic mass is 9.90. The van der Waals surface area contributed by atoms with E-state index < -0.39 is 0 Å². The Morgan fingerprint density at radius 2 is 1.81 bits per heavy atom. The van der Waals surface area contributed by atoms with Crippen LogP contribution in [0.2, 0.25) is 0 Å². The largest absolute Gasteiger partial charge is 0.507 e. The van der Waals surface area contributed by atoms with Crippen molar-refractivity contribution in [3.63, 3.8) is 0 Å². The van der Waals surface area contributed by atoms with Crippen molar-refractivity contribution in [1.29, 1.82) is 0 Å². The maximum Gasteiger partial charge on any atom is 0.128 e. The molecule has 0 atom stereocenters. The minimum Gasteiger partial charge on any atom is -0.507 e. The Labute approximate surface area is 162 Å². The molecule has 4 heteroatoms. The van der Waals surface area contributed by atoms with Gasteiger partial charge in [0.05, 0.1) is 0 Å². The normalized spacial score (nSPS) is 22.0. The maximum atomic E-state index is 10.8. The summed E-state index contributed by atoms with van der Waals surface area (Å²) < 4.78 is 0. The Balaban J connectivity index is 1.68. The summed E-state index contributed by atoms with van der Waals surface area (Å²) in [5.41, 5.74) is 19.2. The van der Waals surface area contributed by atoms with Gasteiger partial charge >= 0.3 is 0 Å². The zero-order valence-electron chi connectivity index (χ0n) is 16.6. The van der Waals surface area contributed by atoms with Crippen LogP contribution in [0, 0.1) is 0 Å². The van der Waals surface area contributed by atoms with E-state index >= 15 is 0 Å². The van der Waals surface area contributed by atoms with Crippen molar-refractivity contribution in [2.24, 2.45) is 11.5 Å². The summed E-state index contributed by atoms with van der Waals surface area (Å²) >= 11 is 0. The number of aryl methyl sites for hydroxylation is 1. The molecule has 0 aromatic heterocycles. The number of aromatic hydroxyl groups is 1. The van der Waals surface area contributed by atoms with Crippen molar-refractivity contribution in [1.82, 2.24) is 4.90 Å². The summed E-state index contributed by atoms with van der Waals surface area (Å²) in [5.74, 6) is 1.29. The Hall–Kier alpha value is -2.10. The predicted octanol–water partition coefficient (Wildman–Crippen LogP) is 4.17. The number of phenols is 1. The molecule has 1 aromatic rings. The topological polar surface area (TPSA) is 75.5 Å².